The molecule has 5 heteroatoms. The zero-order valence-corrected chi connectivity index (χ0v) is 31.5. The molecule has 59 heavy (non-hydrogen) atoms. The lowest BCUT2D eigenvalue weighted by atomic mass is 9.94. The minimum atomic E-state index is 0.777. The number of aromatic nitrogens is 4. The molecule has 5 heterocycles. The second-order valence-corrected chi connectivity index (χ2v) is 15.7. The van der Waals surface area contributed by atoms with Crippen LogP contribution in [0, 0.1) is 0 Å². The highest BCUT2D eigenvalue weighted by atomic mass is 16.3. The molecule has 9 aromatic carbocycles. The second kappa shape index (κ2) is 11.3. The van der Waals surface area contributed by atoms with Gasteiger partial charge in [-0.15, -0.1) is 0 Å². The van der Waals surface area contributed by atoms with Gasteiger partial charge in [0.2, 0.25) is 0 Å². The minimum absolute atomic E-state index is 0.777. The first-order chi connectivity index (χ1) is 29.3. The van der Waals surface area contributed by atoms with Gasteiger partial charge in [-0.2, -0.15) is 0 Å². The summed E-state index contributed by atoms with van der Waals surface area (Å²) in [6.45, 7) is 0. The van der Waals surface area contributed by atoms with E-state index in [-0.39, 0.29) is 0 Å². The van der Waals surface area contributed by atoms with Crippen molar-refractivity contribution in [2.24, 2.45) is 0 Å². The Morgan fingerprint density at radius 3 is 1.95 bits per heavy atom. The maximum absolute atomic E-state index is 6.45. The quantitative estimate of drug-likeness (QED) is 0.165. The topological polar surface area (TPSA) is 48.8 Å². The molecule has 1 aliphatic rings. The largest absolute Gasteiger partial charge is 0.456 e. The van der Waals surface area contributed by atoms with Crippen molar-refractivity contribution in [1.29, 1.82) is 0 Å². The molecular formula is C54H30N4O. The number of para-hydroxylation sites is 4. The maximum atomic E-state index is 6.45. The fourth-order valence-electron chi connectivity index (χ4n) is 10.1. The first-order valence-electron chi connectivity index (χ1n) is 20.1. The molecule has 0 saturated heterocycles. The Morgan fingerprint density at radius 2 is 1.05 bits per heavy atom. The number of hydrogen-bond donors (Lipinski definition) is 0. The standard InChI is InChI=1S/C54H30N4O/c1-2-13-33-31(12-1)25-27-44-52(33)56-54(51(55-44)32-24-26-39-38-18-7-10-23-49(38)59-50(39)28-32)58-46-22-9-6-17-37(46)42-29-47-43(30-48(42)58)41-20-11-19-40-35-15-4-3-14-34(35)36-16-5-8-21-45(36)57(47)53(40)41/h1-30H. The van der Waals surface area contributed by atoms with E-state index in [2.05, 4.69) is 179 Å². The molecule has 0 N–H and O–H groups in total. The van der Waals surface area contributed by atoms with Crippen LogP contribution in [0.4, 0.5) is 0 Å². The van der Waals surface area contributed by atoms with Crippen molar-refractivity contribution in [1.82, 2.24) is 19.1 Å². The Kier molecular flexibility index (Phi) is 5.96. The molecule has 0 radical (unpaired) electrons. The van der Waals surface area contributed by atoms with E-state index < -0.39 is 0 Å². The van der Waals surface area contributed by atoms with Crippen molar-refractivity contribution in [2.45, 2.75) is 0 Å². The Bertz CT molecular complexity index is 3980. The third kappa shape index (κ3) is 4.13. The van der Waals surface area contributed by atoms with Crippen LogP contribution in [0.3, 0.4) is 0 Å². The van der Waals surface area contributed by atoms with Gasteiger partial charge < -0.3 is 8.98 Å². The van der Waals surface area contributed by atoms with Gasteiger partial charge in [0.15, 0.2) is 5.82 Å². The zero-order valence-electron chi connectivity index (χ0n) is 31.5. The molecule has 14 rings (SSSR count). The fourth-order valence-corrected chi connectivity index (χ4v) is 10.1. The predicted molar refractivity (Wildman–Crippen MR) is 243 cm³/mol. The van der Waals surface area contributed by atoms with E-state index in [1.54, 1.807) is 0 Å². The summed E-state index contributed by atoms with van der Waals surface area (Å²) in [7, 11) is 0. The summed E-state index contributed by atoms with van der Waals surface area (Å²) in [6.07, 6.45) is 0. The van der Waals surface area contributed by atoms with Crippen LogP contribution in [0.5, 0.6) is 0 Å². The molecule has 0 saturated carbocycles. The lowest BCUT2D eigenvalue weighted by molar-refractivity contribution is 0.669. The summed E-state index contributed by atoms with van der Waals surface area (Å²) in [5.74, 6) is 0.777. The van der Waals surface area contributed by atoms with Crippen LogP contribution in [0.15, 0.2) is 186 Å². The van der Waals surface area contributed by atoms with Crippen LogP contribution >= 0.6 is 0 Å². The Balaban J connectivity index is 1.13. The minimum Gasteiger partial charge on any atom is -0.456 e. The van der Waals surface area contributed by atoms with Gasteiger partial charge >= 0.3 is 0 Å². The molecule has 0 bridgehead atoms. The molecule has 0 amide bonds. The molecular weight excluding hydrogens is 721 g/mol. The fraction of sp³-hybridized carbons (Fsp3) is 0. The van der Waals surface area contributed by atoms with E-state index in [9.17, 15) is 0 Å². The number of rotatable bonds is 2. The van der Waals surface area contributed by atoms with Gasteiger partial charge in [0, 0.05) is 54.4 Å². The van der Waals surface area contributed by atoms with E-state index in [0.717, 1.165) is 82.6 Å². The SMILES string of the molecule is c1ccc2c(c1)-c1ccccc1-n1c3cc4c5ccccc5n(-c5nc6c(ccc7ccccc76)nc5-c5ccc6c(c5)oc5ccccc56)c4cc3c3cccc-2c31. The Morgan fingerprint density at radius 1 is 0.390 bits per heavy atom. The monoisotopic (exact) mass is 750 g/mol. The first kappa shape index (κ1) is 31.1. The van der Waals surface area contributed by atoms with E-state index in [4.69, 9.17) is 14.4 Å². The van der Waals surface area contributed by atoms with E-state index >= 15 is 0 Å². The van der Waals surface area contributed by atoms with Gasteiger partial charge in [0.1, 0.15) is 16.9 Å². The molecule has 5 nitrogen and oxygen atoms in total. The highest BCUT2D eigenvalue weighted by Crippen LogP contribution is 2.48. The smallest absolute Gasteiger partial charge is 0.165 e. The Hall–Kier alpha value is -8.02. The van der Waals surface area contributed by atoms with Gasteiger partial charge in [0.25, 0.3) is 0 Å². The van der Waals surface area contributed by atoms with Crippen molar-refractivity contribution >= 4 is 87.4 Å². The molecule has 272 valence electrons. The molecule has 13 aromatic rings. The van der Waals surface area contributed by atoms with Crippen molar-refractivity contribution < 1.29 is 4.42 Å². The van der Waals surface area contributed by atoms with E-state index in [0.29, 0.717) is 0 Å². The molecule has 0 spiro atoms. The summed E-state index contributed by atoms with van der Waals surface area (Å²) in [6, 6.07) is 65.3. The number of benzene rings is 9. The average Bonchev–Trinajstić information content (AvgIpc) is 3.91. The van der Waals surface area contributed by atoms with Gasteiger partial charge in [-0.05, 0) is 65.0 Å². The zero-order chi connectivity index (χ0) is 38.3. The number of nitrogens with zero attached hydrogens (tertiary/aromatic N) is 4. The lowest BCUT2D eigenvalue weighted by Gasteiger charge is -2.15. The summed E-state index contributed by atoms with van der Waals surface area (Å²) < 4.78 is 11.3. The predicted octanol–water partition coefficient (Wildman–Crippen LogP) is 14.2. The molecule has 0 fully saturated rings. The van der Waals surface area contributed by atoms with E-state index in [1.807, 2.05) is 12.1 Å². The summed E-state index contributed by atoms with van der Waals surface area (Å²) in [4.78, 5) is 11.2. The molecule has 1 aliphatic heterocycles. The Labute approximate surface area is 336 Å². The van der Waals surface area contributed by atoms with Crippen LogP contribution in [0.1, 0.15) is 0 Å². The molecule has 4 aromatic heterocycles. The van der Waals surface area contributed by atoms with Gasteiger partial charge in [-0.3, -0.25) is 4.57 Å². The van der Waals surface area contributed by atoms with Crippen LogP contribution in [-0.4, -0.2) is 19.1 Å². The van der Waals surface area contributed by atoms with Crippen molar-refractivity contribution in [3.8, 4) is 45.0 Å². The third-order valence-electron chi connectivity index (χ3n) is 12.6. The summed E-state index contributed by atoms with van der Waals surface area (Å²) in [5.41, 5.74) is 15.8. The average molecular weight is 751 g/mol. The van der Waals surface area contributed by atoms with Crippen LogP contribution in [0.25, 0.3) is 132 Å². The number of furan rings is 1. The number of hydrogen-bond acceptors (Lipinski definition) is 3. The second-order valence-electron chi connectivity index (χ2n) is 15.7. The highest BCUT2D eigenvalue weighted by molar-refractivity contribution is 6.22. The van der Waals surface area contributed by atoms with Crippen LogP contribution < -0.4 is 0 Å². The third-order valence-corrected chi connectivity index (χ3v) is 12.6. The van der Waals surface area contributed by atoms with Crippen LogP contribution in [-0.2, 0) is 0 Å². The van der Waals surface area contributed by atoms with Gasteiger partial charge in [-0.25, -0.2) is 9.97 Å². The van der Waals surface area contributed by atoms with E-state index in [1.165, 1.54) is 49.7 Å². The van der Waals surface area contributed by atoms with Gasteiger partial charge in [0.05, 0.1) is 38.8 Å². The van der Waals surface area contributed by atoms with Crippen molar-refractivity contribution in [3.63, 3.8) is 0 Å². The van der Waals surface area contributed by atoms with Crippen molar-refractivity contribution in [2.75, 3.05) is 0 Å². The maximum Gasteiger partial charge on any atom is 0.165 e. The highest BCUT2D eigenvalue weighted by Gasteiger charge is 2.27. The number of fused-ring (bicyclic) bond motifs is 17. The lowest BCUT2D eigenvalue weighted by Crippen LogP contribution is -2.04. The van der Waals surface area contributed by atoms with Crippen molar-refractivity contribution in [3.05, 3.63) is 182 Å². The van der Waals surface area contributed by atoms with Crippen LogP contribution in [0.2, 0.25) is 0 Å². The molecule has 0 aliphatic carbocycles. The molecule has 0 unspecified atom stereocenters. The summed E-state index contributed by atoms with van der Waals surface area (Å²) >= 11 is 0. The first-order valence-corrected chi connectivity index (χ1v) is 20.1. The normalized spacial score (nSPS) is 12.4. The molecule has 0 atom stereocenters. The summed E-state index contributed by atoms with van der Waals surface area (Å²) in [5, 5.41) is 9.12. The van der Waals surface area contributed by atoms with Gasteiger partial charge in [-0.1, -0.05) is 133 Å².